The van der Waals surface area contributed by atoms with Crippen LogP contribution < -0.4 is 5.32 Å². The summed E-state index contributed by atoms with van der Waals surface area (Å²) in [6.45, 7) is 0. The van der Waals surface area contributed by atoms with Gasteiger partial charge in [-0.05, 0) is 25.2 Å². The van der Waals surface area contributed by atoms with Gasteiger partial charge in [-0.2, -0.15) is 0 Å². The van der Waals surface area contributed by atoms with Crippen molar-refractivity contribution >= 4 is 17.8 Å². The zero-order valence-corrected chi connectivity index (χ0v) is 12.6. The Morgan fingerprint density at radius 2 is 1.81 bits per heavy atom. The molecule has 0 saturated heterocycles. The first-order valence-electron chi connectivity index (χ1n) is 7.62. The maximum atomic E-state index is 12.0. The Balaban J connectivity index is 2.40. The molecule has 1 fully saturated rings. The molecule has 0 spiro atoms. The molecule has 1 unspecified atom stereocenters. The van der Waals surface area contributed by atoms with Crippen LogP contribution in [0.4, 0.5) is 0 Å². The Morgan fingerprint density at radius 3 is 2.33 bits per heavy atom. The van der Waals surface area contributed by atoms with Crippen molar-refractivity contribution in [1.82, 2.24) is 5.32 Å². The number of hydrogen-bond acceptors (Lipinski definition) is 4. The number of ether oxygens (including phenoxy) is 1. The van der Waals surface area contributed by atoms with E-state index >= 15 is 0 Å². The highest BCUT2D eigenvalue weighted by atomic mass is 16.5. The second kappa shape index (κ2) is 9.37. The van der Waals surface area contributed by atoms with E-state index in [9.17, 15) is 14.4 Å². The summed E-state index contributed by atoms with van der Waals surface area (Å²) in [5.41, 5.74) is 0. The third kappa shape index (κ3) is 7.11. The molecule has 2 N–H and O–H groups in total. The van der Waals surface area contributed by atoms with Crippen molar-refractivity contribution in [2.75, 3.05) is 7.11 Å². The maximum absolute atomic E-state index is 12.0. The number of carboxylic acids is 1. The molecule has 6 heteroatoms. The molecular weight excluding hydrogens is 274 g/mol. The SMILES string of the molecule is COC(=O)CCC(NC(=O)CC1CCCCCC1)C(=O)O. The van der Waals surface area contributed by atoms with Crippen LogP contribution in [0.25, 0.3) is 0 Å². The Hall–Kier alpha value is -1.59. The highest BCUT2D eigenvalue weighted by Gasteiger charge is 2.23. The van der Waals surface area contributed by atoms with Crippen LogP contribution in [0.2, 0.25) is 0 Å². The number of aliphatic carboxylic acids is 1. The molecule has 1 aliphatic rings. The van der Waals surface area contributed by atoms with E-state index in [1.807, 2.05) is 0 Å². The van der Waals surface area contributed by atoms with E-state index in [2.05, 4.69) is 10.1 Å². The fraction of sp³-hybridized carbons (Fsp3) is 0.800. The number of carbonyl (C=O) groups is 3. The molecule has 0 radical (unpaired) electrons. The quantitative estimate of drug-likeness (QED) is 0.553. The van der Waals surface area contributed by atoms with Gasteiger partial charge in [0.15, 0.2) is 0 Å². The molecule has 0 aromatic heterocycles. The summed E-state index contributed by atoms with van der Waals surface area (Å²) in [5.74, 6) is -1.48. The van der Waals surface area contributed by atoms with Gasteiger partial charge in [-0.15, -0.1) is 0 Å². The largest absolute Gasteiger partial charge is 0.480 e. The third-order valence-corrected chi connectivity index (χ3v) is 3.95. The highest BCUT2D eigenvalue weighted by Crippen LogP contribution is 2.25. The molecule has 0 aliphatic heterocycles. The van der Waals surface area contributed by atoms with Gasteiger partial charge in [0.2, 0.25) is 5.91 Å². The monoisotopic (exact) mass is 299 g/mol. The highest BCUT2D eigenvalue weighted by molar-refractivity contribution is 5.84. The Bertz CT molecular complexity index is 361. The van der Waals surface area contributed by atoms with Gasteiger partial charge in [-0.3, -0.25) is 9.59 Å². The van der Waals surface area contributed by atoms with Crippen LogP contribution in [-0.4, -0.2) is 36.1 Å². The van der Waals surface area contributed by atoms with Crippen molar-refractivity contribution in [3.8, 4) is 0 Å². The summed E-state index contributed by atoms with van der Waals surface area (Å²) in [4.78, 5) is 34.1. The first-order valence-corrected chi connectivity index (χ1v) is 7.62. The summed E-state index contributed by atoms with van der Waals surface area (Å²) >= 11 is 0. The molecule has 0 bridgehead atoms. The van der Waals surface area contributed by atoms with Crippen LogP contribution in [0.15, 0.2) is 0 Å². The first-order chi connectivity index (χ1) is 10.0. The molecule has 1 aliphatic carbocycles. The van der Waals surface area contributed by atoms with Crippen LogP contribution in [0.5, 0.6) is 0 Å². The third-order valence-electron chi connectivity index (χ3n) is 3.95. The normalized spacial score (nSPS) is 17.6. The van der Waals surface area contributed by atoms with E-state index in [0.717, 1.165) is 25.7 Å². The zero-order chi connectivity index (χ0) is 15.7. The second-order valence-corrected chi connectivity index (χ2v) is 5.63. The van der Waals surface area contributed by atoms with Crippen molar-refractivity contribution in [3.05, 3.63) is 0 Å². The molecule has 0 aromatic rings. The molecule has 0 heterocycles. The van der Waals surface area contributed by atoms with Crippen LogP contribution in [0.3, 0.4) is 0 Å². The van der Waals surface area contributed by atoms with Crippen molar-refractivity contribution < 1.29 is 24.2 Å². The Morgan fingerprint density at radius 1 is 1.19 bits per heavy atom. The first kappa shape index (κ1) is 17.5. The maximum Gasteiger partial charge on any atom is 0.326 e. The van der Waals surface area contributed by atoms with Crippen LogP contribution in [0, 0.1) is 5.92 Å². The smallest absolute Gasteiger partial charge is 0.326 e. The number of hydrogen-bond donors (Lipinski definition) is 2. The van der Waals surface area contributed by atoms with E-state index in [4.69, 9.17) is 5.11 Å². The van der Waals surface area contributed by atoms with Crippen molar-refractivity contribution in [3.63, 3.8) is 0 Å². The minimum Gasteiger partial charge on any atom is -0.480 e. The van der Waals surface area contributed by atoms with Crippen LogP contribution in [0.1, 0.15) is 57.8 Å². The van der Waals surface area contributed by atoms with Gasteiger partial charge in [0.1, 0.15) is 6.04 Å². The predicted octanol–water partition coefficient (Wildman–Crippen LogP) is 1.87. The summed E-state index contributed by atoms with van der Waals surface area (Å²) < 4.78 is 4.48. The number of carboxylic acid groups (broad SMARTS) is 1. The topological polar surface area (TPSA) is 92.7 Å². The van der Waals surface area contributed by atoms with Gasteiger partial charge in [0, 0.05) is 12.8 Å². The summed E-state index contributed by atoms with van der Waals surface area (Å²) in [5, 5.41) is 11.6. The lowest BCUT2D eigenvalue weighted by Crippen LogP contribution is -2.41. The molecule has 1 amide bonds. The zero-order valence-electron chi connectivity index (χ0n) is 12.6. The minimum absolute atomic E-state index is 0.0167. The van der Waals surface area contributed by atoms with Crippen LogP contribution >= 0.6 is 0 Å². The molecule has 0 aromatic carbocycles. The fourth-order valence-electron chi connectivity index (χ4n) is 2.71. The van der Waals surface area contributed by atoms with Gasteiger partial charge in [-0.1, -0.05) is 25.7 Å². The van der Waals surface area contributed by atoms with Gasteiger partial charge in [0.05, 0.1) is 7.11 Å². The van der Waals surface area contributed by atoms with Gasteiger partial charge in [-0.25, -0.2) is 4.79 Å². The summed E-state index contributed by atoms with van der Waals surface area (Å²) in [6, 6.07) is -1.03. The summed E-state index contributed by atoms with van der Waals surface area (Å²) in [6.07, 6.45) is 7.20. The van der Waals surface area contributed by atoms with E-state index in [1.165, 1.54) is 20.0 Å². The lowest BCUT2D eigenvalue weighted by Gasteiger charge is -2.17. The van der Waals surface area contributed by atoms with Crippen molar-refractivity contribution in [1.29, 1.82) is 0 Å². The van der Waals surface area contributed by atoms with Gasteiger partial charge in [0.25, 0.3) is 0 Å². The molecule has 21 heavy (non-hydrogen) atoms. The summed E-state index contributed by atoms with van der Waals surface area (Å²) in [7, 11) is 1.25. The standard InChI is InChI=1S/C15H25NO5/c1-21-14(18)9-8-12(15(19)20)16-13(17)10-11-6-4-2-3-5-7-11/h11-12H,2-10H2,1H3,(H,16,17)(H,19,20). The number of carbonyl (C=O) groups excluding carboxylic acids is 2. The minimum atomic E-state index is -1.12. The van der Waals surface area contributed by atoms with E-state index in [0.29, 0.717) is 12.3 Å². The second-order valence-electron chi connectivity index (χ2n) is 5.63. The number of amides is 1. The van der Waals surface area contributed by atoms with Crippen molar-refractivity contribution in [2.45, 2.75) is 63.8 Å². The Kier molecular flexibility index (Phi) is 7.79. The van der Waals surface area contributed by atoms with E-state index in [1.54, 1.807) is 0 Å². The van der Waals surface area contributed by atoms with Crippen LogP contribution in [-0.2, 0) is 19.1 Å². The van der Waals surface area contributed by atoms with E-state index in [-0.39, 0.29) is 18.7 Å². The molecule has 1 saturated carbocycles. The number of rotatable bonds is 7. The van der Waals surface area contributed by atoms with Gasteiger partial charge >= 0.3 is 11.9 Å². The average Bonchev–Trinajstić information content (AvgIpc) is 2.71. The molecule has 1 rings (SSSR count). The number of esters is 1. The lowest BCUT2D eigenvalue weighted by atomic mass is 9.96. The van der Waals surface area contributed by atoms with Gasteiger partial charge < -0.3 is 15.2 Å². The molecular formula is C15H25NO5. The average molecular weight is 299 g/mol. The Labute approximate surface area is 125 Å². The molecule has 120 valence electrons. The number of nitrogens with one attached hydrogen (secondary N) is 1. The lowest BCUT2D eigenvalue weighted by molar-refractivity contribution is -0.144. The van der Waals surface area contributed by atoms with Crippen molar-refractivity contribution in [2.24, 2.45) is 5.92 Å². The predicted molar refractivity (Wildman–Crippen MR) is 76.6 cm³/mol. The fourth-order valence-corrected chi connectivity index (χ4v) is 2.71. The van der Waals surface area contributed by atoms with E-state index < -0.39 is 18.0 Å². The molecule has 1 atom stereocenters. The molecule has 6 nitrogen and oxygen atoms in total. The number of methoxy groups -OCH3 is 1.